The van der Waals surface area contributed by atoms with E-state index in [1.54, 1.807) is 18.2 Å². The van der Waals surface area contributed by atoms with Crippen molar-refractivity contribution >= 4 is 29.1 Å². The van der Waals surface area contributed by atoms with E-state index in [1.165, 1.54) is 5.56 Å². The van der Waals surface area contributed by atoms with Crippen molar-refractivity contribution in [3.63, 3.8) is 0 Å². The van der Waals surface area contributed by atoms with Gasteiger partial charge in [-0.1, -0.05) is 41.9 Å². The Morgan fingerprint density at radius 1 is 1.20 bits per heavy atom. The maximum Gasteiger partial charge on any atom is 0.313 e. The van der Waals surface area contributed by atoms with E-state index in [0.29, 0.717) is 17.3 Å². The number of benzene rings is 2. The SMILES string of the molecule is Cc1ccc(NC(=O)C(=O)NCC2OCCc3ccccc32)cc1Cl. The van der Waals surface area contributed by atoms with E-state index in [4.69, 9.17) is 16.3 Å². The Morgan fingerprint density at radius 2 is 2.00 bits per heavy atom. The van der Waals surface area contributed by atoms with Crippen molar-refractivity contribution in [2.75, 3.05) is 18.5 Å². The summed E-state index contributed by atoms with van der Waals surface area (Å²) in [7, 11) is 0. The predicted molar refractivity (Wildman–Crippen MR) is 96.7 cm³/mol. The molecule has 1 atom stereocenters. The monoisotopic (exact) mass is 358 g/mol. The molecule has 0 aliphatic carbocycles. The van der Waals surface area contributed by atoms with Crippen molar-refractivity contribution in [2.45, 2.75) is 19.4 Å². The van der Waals surface area contributed by atoms with Crippen molar-refractivity contribution in [3.8, 4) is 0 Å². The van der Waals surface area contributed by atoms with Crippen LogP contribution >= 0.6 is 11.6 Å². The van der Waals surface area contributed by atoms with Crippen LogP contribution in [-0.4, -0.2) is 25.0 Å². The third kappa shape index (κ3) is 4.18. The summed E-state index contributed by atoms with van der Waals surface area (Å²) in [5.41, 5.74) is 3.65. The lowest BCUT2D eigenvalue weighted by Gasteiger charge is -2.26. The zero-order valence-corrected chi connectivity index (χ0v) is 14.6. The molecule has 2 amide bonds. The molecule has 2 aromatic carbocycles. The van der Waals surface area contributed by atoms with Gasteiger partial charge < -0.3 is 15.4 Å². The molecule has 1 heterocycles. The standard InChI is InChI=1S/C19H19ClN2O3/c1-12-6-7-14(10-16(12)20)22-19(24)18(23)21-11-17-15-5-3-2-4-13(15)8-9-25-17/h2-7,10,17H,8-9,11H2,1H3,(H,21,23)(H,22,24). The number of rotatable bonds is 3. The van der Waals surface area contributed by atoms with Crippen LogP contribution in [-0.2, 0) is 20.7 Å². The van der Waals surface area contributed by atoms with Crippen LogP contribution in [0.3, 0.4) is 0 Å². The van der Waals surface area contributed by atoms with Gasteiger partial charge >= 0.3 is 11.8 Å². The number of hydrogen-bond donors (Lipinski definition) is 2. The molecule has 25 heavy (non-hydrogen) atoms. The average molecular weight is 359 g/mol. The van der Waals surface area contributed by atoms with Gasteiger partial charge in [0, 0.05) is 17.3 Å². The predicted octanol–water partition coefficient (Wildman–Crippen LogP) is 3.02. The molecule has 1 aliphatic heterocycles. The Bertz CT molecular complexity index is 807. The van der Waals surface area contributed by atoms with Crippen molar-refractivity contribution in [3.05, 3.63) is 64.2 Å². The minimum atomic E-state index is -0.732. The van der Waals surface area contributed by atoms with Crippen LogP contribution in [0.1, 0.15) is 22.8 Å². The topological polar surface area (TPSA) is 67.4 Å². The zero-order valence-electron chi connectivity index (χ0n) is 13.8. The van der Waals surface area contributed by atoms with Crippen molar-refractivity contribution < 1.29 is 14.3 Å². The first-order valence-corrected chi connectivity index (χ1v) is 8.47. The van der Waals surface area contributed by atoms with Crippen molar-refractivity contribution in [2.24, 2.45) is 0 Å². The van der Waals surface area contributed by atoms with E-state index < -0.39 is 11.8 Å². The van der Waals surface area contributed by atoms with Gasteiger partial charge in [-0.25, -0.2) is 0 Å². The Kier molecular flexibility index (Phi) is 5.36. The second-order valence-electron chi connectivity index (χ2n) is 5.94. The number of fused-ring (bicyclic) bond motifs is 1. The lowest BCUT2D eigenvalue weighted by Crippen LogP contribution is -2.38. The maximum absolute atomic E-state index is 12.0. The fraction of sp³-hybridized carbons (Fsp3) is 0.263. The number of amides is 2. The fourth-order valence-corrected chi connectivity index (χ4v) is 2.95. The van der Waals surface area contributed by atoms with E-state index in [2.05, 4.69) is 16.7 Å². The largest absolute Gasteiger partial charge is 0.371 e. The van der Waals surface area contributed by atoms with E-state index >= 15 is 0 Å². The summed E-state index contributed by atoms with van der Waals surface area (Å²) in [5.74, 6) is -1.44. The molecule has 0 aromatic heterocycles. The number of hydrogen-bond acceptors (Lipinski definition) is 3. The second kappa shape index (κ2) is 7.68. The third-order valence-corrected chi connectivity index (χ3v) is 4.58. The van der Waals surface area contributed by atoms with E-state index in [-0.39, 0.29) is 12.6 Å². The number of halogens is 1. The fourth-order valence-electron chi connectivity index (χ4n) is 2.77. The molecule has 5 nitrogen and oxygen atoms in total. The highest BCUT2D eigenvalue weighted by atomic mass is 35.5. The Hall–Kier alpha value is -2.37. The van der Waals surface area contributed by atoms with E-state index in [0.717, 1.165) is 17.5 Å². The number of nitrogens with one attached hydrogen (secondary N) is 2. The van der Waals surface area contributed by atoms with Gasteiger partial charge in [-0.05, 0) is 42.2 Å². The third-order valence-electron chi connectivity index (χ3n) is 4.18. The van der Waals surface area contributed by atoms with Crippen LogP contribution in [0, 0.1) is 6.92 Å². The number of anilines is 1. The van der Waals surface area contributed by atoms with Crippen LogP contribution < -0.4 is 10.6 Å². The summed E-state index contributed by atoms with van der Waals surface area (Å²) in [6.07, 6.45) is 0.616. The van der Waals surface area contributed by atoms with Gasteiger partial charge in [-0.15, -0.1) is 0 Å². The Labute approximate surface area is 151 Å². The molecule has 6 heteroatoms. The van der Waals surface area contributed by atoms with Gasteiger partial charge in [0.1, 0.15) is 6.10 Å². The molecule has 0 saturated carbocycles. The van der Waals surface area contributed by atoms with Crippen LogP contribution in [0.5, 0.6) is 0 Å². The first kappa shape index (κ1) is 17.5. The van der Waals surface area contributed by atoms with Crippen molar-refractivity contribution in [1.29, 1.82) is 0 Å². The molecular formula is C19H19ClN2O3. The zero-order chi connectivity index (χ0) is 17.8. The number of aryl methyl sites for hydroxylation is 1. The minimum absolute atomic E-state index is 0.240. The highest BCUT2D eigenvalue weighted by Gasteiger charge is 2.22. The number of ether oxygens (including phenoxy) is 1. The van der Waals surface area contributed by atoms with Gasteiger partial charge in [0.05, 0.1) is 6.61 Å². The molecular weight excluding hydrogens is 340 g/mol. The minimum Gasteiger partial charge on any atom is -0.371 e. The highest BCUT2D eigenvalue weighted by molar-refractivity contribution is 6.39. The molecule has 130 valence electrons. The summed E-state index contributed by atoms with van der Waals surface area (Å²) in [5, 5.41) is 5.70. The summed E-state index contributed by atoms with van der Waals surface area (Å²) < 4.78 is 5.72. The first-order chi connectivity index (χ1) is 12.0. The van der Waals surface area contributed by atoms with Crippen LogP contribution in [0.2, 0.25) is 5.02 Å². The van der Waals surface area contributed by atoms with Crippen LogP contribution in [0.25, 0.3) is 0 Å². The highest BCUT2D eigenvalue weighted by Crippen LogP contribution is 2.26. The molecule has 0 bridgehead atoms. The molecule has 3 rings (SSSR count). The van der Waals surface area contributed by atoms with Crippen LogP contribution in [0.4, 0.5) is 5.69 Å². The maximum atomic E-state index is 12.0. The first-order valence-electron chi connectivity index (χ1n) is 8.09. The molecule has 1 aliphatic rings. The van der Waals surface area contributed by atoms with Gasteiger partial charge in [0.25, 0.3) is 0 Å². The summed E-state index contributed by atoms with van der Waals surface area (Å²) in [6.45, 7) is 2.71. The quantitative estimate of drug-likeness (QED) is 0.829. The normalized spacial score (nSPS) is 16.0. The molecule has 2 N–H and O–H groups in total. The summed E-state index contributed by atoms with van der Waals surface area (Å²) >= 11 is 6.02. The van der Waals surface area contributed by atoms with Gasteiger partial charge in [-0.2, -0.15) is 0 Å². The smallest absolute Gasteiger partial charge is 0.313 e. The average Bonchev–Trinajstić information content (AvgIpc) is 2.62. The van der Waals surface area contributed by atoms with E-state index in [1.807, 2.05) is 25.1 Å². The second-order valence-corrected chi connectivity index (χ2v) is 6.34. The summed E-state index contributed by atoms with van der Waals surface area (Å²) in [6, 6.07) is 13.1. The number of carbonyl (C=O) groups excluding carboxylic acids is 2. The Morgan fingerprint density at radius 3 is 2.80 bits per heavy atom. The molecule has 0 radical (unpaired) electrons. The van der Waals surface area contributed by atoms with E-state index in [9.17, 15) is 9.59 Å². The van der Waals surface area contributed by atoms with Gasteiger partial charge in [0.2, 0.25) is 0 Å². The lowest BCUT2D eigenvalue weighted by molar-refractivity contribution is -0.136. The van der Waals surface area contributed by atoms with Crippen molar-refractivity contribution in [1.82, 2.24) is 5.32 Å². The lowest BCUT2D eigenvalue weighted by atomic mass is 9.97. The molecule has 0 fully saturated rings. The molecule has 0 saturated heterocycles. The molecule has 2 aromatic rings. The Balaban J connectivity index is 1.57. The number of carbonyl (C=O) groups is 2. The summed E-state index contributed by atoms with van der Waals surface area (Å²) in [4.78, 5) is 24.1. The molecule has 0 spiro atoms. The van der Waals surface area contributed by atoms with Gasteiger partial charge in [-0.3, -0.25) is 9.59 Å². The van der Waals surface area contributed by atoms with Gasteiger partial charge in [0.15, 0.2) is 0 Å². The molecule has 1 unspecified atom stereocenters. The van der Waals surface area contributed by atoms with Crippen LogP contribution in [0.15, 0.2) is 42.5 Å².